The molecule has 2 N–H and O–H groups in total. The second kappa shape index (κ2) is 13.1. The van der Waals surface area contributed by atoms with E-state index >= 15 is 0 Å². The summed E-state index contributed by atoms with van der Waals surface area (Å²) in [6, 6.07) is 10.8. The first-order chi connectivity index (χ1) is 22.1. The molecule has 9 nitrogen and oxygen atoms in total. The highest BCUT2D eigenvalue weighted by Crippen LogP contribution is 2.47. The van der Waals surface area contributed by atoms with E-state index in [1.807, 2.05) is 44.2 Å². The predicted molar refractivity (Wildman–Crippen MR) is 174 cm³/mol. The van der Waals surface area contributed by atoms with Gasteiger partial charge in [-0.3, -0.25) is 14.6 Å². The predicted octanol–water partition coefficient (Wildman–Crippen LogP) is 5.87. The number of aromatic nitrogens is 1. The first kappa shape index (κ1) is 31.5. The Hall–Kier alpha value is -4.44. The van der Waals surface area contributed by atoms with Crippen LogP contribution in [-0.4, -0.2) is 61.6 Å². The van der Waals surface area contributed by atoms with Crippen LogP contribution < -0.4 is 24.8 Å². The number of hydrogen-bond acceptors (Lipinski definition) is 7. The number of rotatable bonds is 10. The molecule has 1 aliphatic heterocycles. The van der Waals surface area contributed by atoms with Crippen molar-refractivity contribution in [1.82, 2.24) is 15.2 Å². The van der Waals surface area contributed by atoms with Crippen molar-refractivity contribution in [3.05, 3.63) is 78.0 Å². The number of pyridine rings is 1. The van der Waals surface area contributed by atoms with E-state index in [9.17, 15) is 14.0 Å². The normalized spacial score (nSPS) is 21.2. The van der Waals surface area contributed by atoms with Crippen molar-refractivity contribution in [3.8, 4) is 17.2 Å². The molecule has 2 aliphatic carbocycles. The Morgan fingerprint density at radius 3 is 2.46 bits per heavy atom. The van der Waals surface area contributed by atoms with Gasteiger partial charge in [0.2, 0.25) is 11.8 Å². The maximum Gasteiger partial charge on any atom is 0.240 e. The third-order valence-electron chi connectivity index (χ3n) is 9.34. The molecule has 0 spiro atoms. The zero-order chi connectivity index (χ0) is 32.4. The van der Waals surface area contributed by atoms with Crippen LogP contribution in [0.3, 0.4) is 0 Å². The van der Waals surface area contributed by atoms with Gasteiger partial charge in [-0.2, -0.15) is 0 Å². The lowest BCUT2D eigenvalue weighted by Gasteiger charge is -2.29. The van der Waals surface area contributed by atoms with Gasteiger partial charge in [-0.25, -0.2) is 4.39 Å². The van der Waals surface area contributed by atoms with E-state index in [0.29, 0.717) is 54.1 Å². The summed E-state index contributed by atoms with van der Waals surface area (Å²) in [7, 11) is 3.78. The number of carbonyl (C=O) groups is 2. The highest BCUT2D eigenvalue weighted by Gasteiger charge is 2.57. The van der Waals surface area contributed by atoms with Crippen molar-refractivity contribution in [2.75, 3.05) is 39.2 Å². The smallest absolute Gasteiger partial charge is 0.240 e. The van der Waals surface area contributed by atoms with Crippen LogP contribution in [0.4, 0.5) is 10.1 Å². The Morgan fingerprint density at radius 1 is 1.02 bits per heavy atom. The van der Waals surface area contributed by atoms with Gasteiger partial charge in [0.05, 0.1) is 25.3 Å². The Kier molecular flexibility index (Phi) is 8.99. The number of methoxy groups -OCH3 is 1. The lowest BCUT2D eigenvalue weighted by atomic mass is 9.91. The van der Waals surface area contributed by atoms with Gasteiger partial charge in [0, 0.05) is 29.3 Å². The molecule has 1 saturated carbocycles. The van der Waals surface area contributed by atoms with Crippen LogP contribution in [0.1, 0.15) is 39.5 Å². The van der Waals surface area contributed by atoms with Crippen LogP contribution in [0, 0.1) is 23.1 Å². The van der Waals surface area contributed by atoms with E-state index in [1.165, 1.54) is 24.3 Å². The van der Waals surface area contributed by atoms with Crippen molar-refractivity contribution in [1.29, 1.82) is 0 Å². The summed E-state index contributed by atoms with van der Waals surface area (Å²) in [5.74, 6) is 1.93. The van der Waals surface area contributed by atoms with Crippen molar-refractivity contribution in [2.24, 2.45) is 17.3 Å². The Labute approximate surface area is 268 Å². The number of piperidine rings is 1. The molecule has 2 fully saturated rings. The van der Waals surface area contributed by atoms with Crippen molar-refractivity contribution in [2.45, 2.75) is 45.6 Å². The second-order valence-corrected chi connectivity index (χ2v) is 12.8. The van der Waals surface area contributed by atoms with Crippen LogP contribution >= 0.6 is 0 Å². The molecule has 46 heavy (non-hydrogen) atoms. The third-order valence-corrected chi connectivity index (χ3v) is 9.34. The number of likely N-dealkylation sites (tertiary alicyclic amines) is 1. The molecule has 2 aromatic carbocycles. The summed E-state index contributed by atoms with van der Waals surface area (Å²) in [6.45, 7) is 6.73. The lowest BCUT2D eigenvalue weighted by molar-refractivity contribution is -0.134. The van der Waals surface area contributed by atoms with E-state index < -0.39 is 11.2 Å². The average Bonchev–Trinajstić information content (AvgIpc) is 3.86. The Morgan fingerprint density at radius 2 is 1.76 bits per heavy atom. The molecule has 2 atom stereocenters. The molecule has 3 aliphatic rings. The number of nitrogens with zero attached hydrogens (tertiary/aromatic N) is 2. The molecule has 0 radical (unpaired) electrons. The minimum Gasteiger partial charge on any atom is -0.493 e. The molecule has 0 bridgehead atoms. The molecule has 2 unspecified atom stereocenters. The SMILES string of the molecule is COc1cc2c(OC3=CC(C)C(NC(=O)C4(C(=O)Nc5ccc(F)cc5)CC4)C=C3C)ccnc2cc1OCC1CCN(C)CC1. The van der Waals surface area contributed by atoms with Crippen LogP contribution in [0.25, 0.3) is 10.9 Å². The fourth-order valence-electron chi connectivity index (χ4n) is 6.07. The summed E-state index contributed by atoms with van der Waals surface area (Å²) in [5, 5.41) is 6.63. The molecule has 2 heterocycles. The third kappa shape index (κ3) is 6.72. The fourth-order valence-corrected chi connectivity index (χ4v) is 6.07. The van der Waals surface area contributed by atoms with Gasteiger partial charge in [-0.15, -0.1) is 0 Å². The summed E-state index contributed by atoms with van der Waals surface area (Å²) in [4.78, 5) is 33.3. The van der Waals surface area contributed by atoms with E-state index in [1.54, 1.807) is 13.3 Å². The molecule has 6 rings (SSSR count). The summed E-state index contributed by atoms with van der Waals surface area (Å²) in [5.41, 5.74) is 0.927. The molecule has 242 valence electrons. The number of nitrogens with one attached hydrogen (secondary N) is 2. The molecule has 2 amide bonds. The molecular formula is C36H41FN4O5. The number of anilines is 1. The number of fused-ring (bicyclic) bond motifs is 1. The van der Waals surface area contributed by atoms with Crippen molar-refractivity contribution < 1.29 is 28.2 Å². The van der Waals surface area contributed by atoms with E-state index in [4.69, 9.17) is 14.2 Å². The van der Waals surface area contributed by atoms with Crippen LogP contribution in [0.5, 0.6) is 17.2 Å². The summed E-state index contributed by atoms with van der Waals surface area (Å²) in [6.07, 6.45) is 8.81. The summed E-state index contributed by atoms with van der Waals surface area (Å²) < 4.78 is 31.7. The van der Waals surface area contributed by atoms with Gasteiger partial charge in [-0.1, -0.05) is 13.0 Å². The van der Waals surface area contributed by atoms with Crippen LogP contribution in [0.2, 0.25) is 0 Å². The quantitative estimate of drug-likeness (QED) is 0.271. The zero-order valence-corrected chi connectivity index (χ0v) is 26.8. The second-order valence-electron chi connectivity index (χ2n) is 12.8. The Balaban J connectivity index is 1.12. The highest BCUT2D eigenvalue weighted by molar-refractivity contribution is 6.13. The van der Waals surface area contributed by atoms with Crippen LogP contribution in [-0.2, 0) is 9.59 Å². The van der Waals surface area contributed by atoms with Gasteiger partial charge in [0.25, 0.3) is 0 Å². The first-order valence-corrected chi connectivity index (χ1v) is 15.9. The van der Waals surface area contributed by atoms with Gasteiger partial charge in [-0.05, 0) is 107 Å². The minimum atomic E-state index is -1.12. The maximum absolute atomic E-state index is 13.3. The van der Waals surface area contributed by atoms with E-state index in [-0.39, 0.29) is 23.8 Å². The molecular weight excluding hydrogens is 587 g/mol. The lowest BCUT2D eigenvalue weighted by Crippen LogP contribution is -2.46. The van der Waals surface area contributed by atoms with Crippen molar-refractivity contribution >= 4 is 28.4 Å². The maximum atomic E-state index is 13.3. The van der Waals surface area contributed by atoms with E-state index in [0.717, 1.165) is 42.4 Å². The molecule has 10 heteroatoms. The molecule has 1 aromatic heterocycles. The van der Waals surface area contributed by atoms with E-state index in [2.05, 4.69) is 27.6 Å². The topological polar surface area (TPSA) is 102 Å². The Bertz CT molecular complexity index is 1680. The largest absolute Gasteiger partial charge is 0.493 e. The standard InChI is InChI=1S/C36H41FN4O5/c1-22-18-31(23(2)17-28(22)40-35(43)36(12-13-36)34(42)39-26-7-5-25(37)6-8-26)46-30-9-14-38-29-20-33(32(44-4)19-27(29)30)45-21-24-10-15-41(3)16-11-24/h5-9,14,17-20,22,24,28H,10-13,15-16,21H2,1-4H3,(H,39,42)(H,40,43). The zero-order valence-electron chi connectivity index (χ0n) is 26.8. The number of benzene rings is 2. The van der Waals surface area contributed by atoms with Crippen molar-refractivity contribution in [3.63, 3.8) is 0 Å². The average molecular weight is 629 g/mol. The molecule has 1 saturated heterocycles. The number of amides is 2. The number of allylic oxidation sites excluding steroid dienone is 1. The number of ether oxygens (including phenoxy) is 3. The summed E-state index contributed by atoms with van der Waals surface area (Å²) >= 11 is 0. The highest BCUT2D eigenvalue weighted by atomic mass is 19.1. The fraction of sp³-hybridized carbons (Fsp3) is 0.417. The first-order valence-electron chi connectivity index (χ1n) is 15.9. The van der Waals surface area contributed by atoms with Gasteiger partial charge < -0.3 is 29.7 Å². The monoisotopic (exact) mass is 628 g/mol. The number of halogens is 1. The van der Waals surface area contributed by atoms with Gasteiger partial charge in [0.15, 0.2) is 11.5 Å². The number of carbonyl (C=O) groups excluding carboxylic acids is 2. The minimum absolute atomic E-state index is 0.0965. The van der Waals surface area contributed by atoms with Gasteiger partial charge >= 0.3 is 0 Å². The number of hydrogen-bond donors (Lipinski definition) is 2. The molecule has 3 aromatic rings. The van der Waals surface area contributed by atoms with Gasteiger partial charge in [0.1, 0.15) is 22.7 Å². The van der Waals surface area contributed by atoms with Crippen LogP contribution in [0.15, 0.2) is 72.1 Å².